The van der Waals surface area contributed by atoms with Crippen LogP contribution in [0, 0.1) is 0 Å². The maximum Gasteiger partial charge on any atom is 0.105 e. The van der Waals surface area contributed by atoms with E-state index in [1.54, 1.807) is 0 Å². The van der Waals surface area contributed by atoms with Gasteiger partial charge >= 0.3 is 0 Å². The Morgan fingerprint density at radius 2 is 1.80 bits per heavy atom. The molecule has 2 rings (SSSR count). The van der Waals surface area contributed by atoms with Gasteiger partial charge in [0.05, 0.1) is 0 Å². The van der Waals surface area contributed by atoms with E-state index in [-0.39, 0.29) is 5.54 Å². The standard InChI is InChI=1S/C13H17NS/c1-13(2,3)14-9-10-15-12(14)11-7-5-4-6-8-11/h4-10,12H,1-3H3. The van der Waals surface area contributed by atoms with Crippen LogP contribution in [0.1, 0.15) is 31.7 Å². The first-order valence-corrected chi connectivity index (χ1v) is 6.19. The lowest BCUT2D eigenvalue weighted by Gasteiger charge is -2.37. The van der Waals surface area contributed by atoms with Gasteiger partial charge in [0.25, 0.3) is 0 Å². The first-order valence-electron chi connectivity index (χ1n) is 5.24. The monoisotopic (exact) mass is 219 g/mol. The van der Waals surface area contributed by atoms with E-state index in [9.17, 15) is 0 Å². The molecule has 1 heterocycles. The Kier molecular flexibility index (Phi) is 2.79. The van der Waals surface area contributed by atoms with E-state index < -0.39 is 0 Å². The molecule has 1 aliphatic rings. The van der Waals surface area contributed by atoms with Crippen molar-refractivity contribution in [2.75, 3.05) is 0 Å². The average molecular weight is 219 g/mol. The van der Waals surface area contributed by atoms with Crippen molar-refractivity contribution in [3.8, 4) is 0 Å². The Labute approximate surface area is 96.2 Å². The normalized spacial score (nSPS) is 21.0. The fourth-order valence-electron chi connectivity index (χ4n) is 1.75. The summed E-state index contributed by atoms with van der Waals surface area (Å²) < 4.78 is 0. The zero-order chi connectivity index (χ0) is 10.9. The molecule has 0 aliphatic carbocycles. The van der Waals surface area contributed by atoms with Crippen LogP contribution in [-0.4, -0.2) is 10.4 Å². The van der Waals surface area contributed by atoms with Crippen molar-refractivity contribution in [2.45, 2.75) is 31.7 Å². The van der Waals surface area contributed by atoms with Crippen molar-refractivity contribution >= 4 is 11.8 Å². The topological polar surface area (TPSA) is 3.24 Å². The summed E-state index contributed by atoms with van der Waals surface area (Å²) in [7, 11) is 0. The van der Waals surface area contributed by atoms with Crippen LogP contribution in [-0.2, 0) is 0 Å². The predicted octanol–water partition coefficient (Wildman–Crippen LogP) is 4.00. The highest BCUT2D eigenvalue weighted by atomic mass is 32.2. The highest BCUT2D eigenvalue weighted by Crippen LogP contribution is 2.42. The molecule has 0 fully saturated rings. The first kappa shape index (κ1) is 10.6. The molecule has 0 N–H and O–H groups in total. The molecular formula is C13H17NS. The SMILES string of the molecule is CC(C)(C)N1C=CSC1c1ccccc1. The molecular weight excluding hydrogens is 202 g/mol. The van der Waals surface area contributed by atoms with Crippen LogP contribution in [0.15, 0.2) is 41.9 Å². The third kappa shape index (κ3) is 2.20. The molecule has 1 aromatic carbocycles. The van der Waals surface area contributed by atoms with Crippen LogP contribution in [0.3, 0.4) is 0 Å². The van der Waals surface area contributed by atoms with E-state index in [4.69, 9.17) is 0 Å². The maximum absolute atomic E-state index is 2.41. The molecule has 0 amide bonds. The van der Waals surface area contributed by atoms with Gasteiger partial charge in [0.1, 0.15) is 5.37 Å². The molecule has 0 spiro atoms. The molecule has 1 aromatic rings. The van der Waals surface area contributed by atoms with Crippen LogP contribution in [0.5, 0.6) is 0 Å². The van der Waals surface area contributed by atoms with Crippen LogP contribution in [0.4, 0.5) is 0 Å². The molecule has 0 saturated heterocycles. The van der Waals surface area contributed by atoms with E-state index in [0.29, 0.717) is 5.37 Å². The predicted molar refractivity (Wildman–Crippen MR) is 67.5 cm³/mol. The minimum absolute atomic E-state index is 0.181. The molecule has 0 aromatic heterocycles. The van der Waals surface area contributed by atoms with Crippen molar-refractivity contribution in [1.29, 1.82) is 0 Å². The van der Waals surface area contributed by atoms with Crippen molar-refractivity contribution in [3.63, 3.8) is 0 Å². The number of hydrogen-bond donors (Lipinski definition) is 0. The third-order valence-corrected chi connectivity index (χ3v) is 3.58. The van der Waals surface area contributed by atoms with Crippen molar-refractivity contribution < 1.29 is 0 Å². The highest BCUT2D eigenvalue weighted by Gasteiger charge is 2.30. The van der Waals surface area contributed by atoms with E-state index in [1.165, 1.54) is 5.56 Å². The Hall–Kier alpha value is -0.890. The van der Waals surface area contributed by atoms with Crippen LogP contribution in [0.25, 0.3) is 0 Å². The molecule has 80 valence electrons. The molecule has 2 heteroatoms. The number of nitrogens with zero attached hydrogens (tertiary/aromatic N) is 1. The lowest BCUT2D eigenvalue weighted by molar-refractivity contribution is 0.197. The largest absolute Gasteiger partial charge is 0.356 e. The Balaban J connectivity index is 2.25. The third-order valence-electron chi connectivity index (χ3n) is 2.54. The second kappa shape index (κ2) is 3.93. The number of thioether (sulfide) groups is 1. The smallest absolute Gasteiger partial charge is 0.105 e. The van der Waals surface area contributed by atoms with Gasteiger partial charge in [-0.2, -0.15) is 0 Å². The van der Waals surface area contributed by atoms with Crippen LogP contribution >= 0.6 is 11.8 Å². The zero-order valence-corrected chi connectivity index (χ0v) is 10.3. The van der Waals surface area contributed by atoms with Crippen molar-refractivity contribution in [2.24, 2.45) is 0 Å². The van der Waals surface area contributed by atoms with Gasteiger partial charge in [-0.05, 0) is 31.7 Å². The van der Waals surface area contributed by atoms with Gasteiger partial charge in [-0.1, -0.05) is 30.3 Å². The summed E-state index contributed by atoms with van der Waals surface area (Å²) in [6, 6.07) is 10.7. The van der Waals surface area contributed by atoms with E-state index in [0.717, 1.165) is 0 Å². The lowest BCUT2D eigenvalue weighted by atomic mass is 10.1. The molecule has 1 nitrogen and oxygen atoms in total. The van der Waals surface area contributed by atoms with E-state index in [1.807, 2.05) is 11.8 Å². The van der Waals surface area contributed by atoms with Gasteiger partial charge in [-0.3, -0.25) is 0 Å². The van der Waals surface area contributed by atoms with Gasteiger partial charge in [0.2, 0.25) is 0 Å². The lowest BCUT2D eigenvalue weighted by Crippen LogP contribution is -2.37. The van der Waals surface area contributed by atoms with Gasteiger partial charge in [0, 0.05) is 11.7 Å². The number of benzene rings is 1. The van der Waals surface area contributed by atoms with Gasteiger partial charge < -0.3 is 4.90 Å². The number of hydrogen-bond acceptors (Lipinski definition) is 2. The molecule has 0 bridgehead atoms. The maximum atomic E-state index is 2.41. The quantitative estimate of drug-likeness (QED) is 0.702. The second-order valence-electron chi connectivity index (χ2n) is 4.76. The van der Waals surface area contributed by atoms with Crippen LogP contribution in [0.2, 0.25) is 0 Å². The van der Waals surface area contributed by atoms with Crippen LogP contribution < -0.4 is 0 Å². The van der Waals surface area contributed by atoms with Gasteiger partial charge in [-0.25, -0.2) is 0 Å². The summed E-state index contributed by atoms with van der Waals surface area (Å²) in [4.78, 5) is 2.41. The summed E-state index contributed by atoms with van der Waals surface area (Å²) in [6.45, 7) is 6.75. The molecule has 1 aliphatic heterocycles. The summed E-state index contributed by atoms with van der Waals surface area (Å²) in [5, 5.41) is 2.62. The Bertz CT molecular complexity index is 351. The first-order chi connectivity index (χ1) is 7.09. The minimum atomic E-state index is 0.181. The summed E-state index contributed by atoms with van der Waals surface area (Å²) in [5.41, 5.74) is 1.56. The Morgan fingerprint density at radius 3 is 2.40 bits per heavy atom. The summed E-state index contributed by atoms with van der Waals surface area (Å²) in [5.74, 6) is 0. The van der Waals surface area contributed by atoms with Gasteiger partial charge in [0.15, 0.2) is 0 Å². The van der Waals surface area contributed by atoms with E-state index in [2.05, 4.69) is 67.6 Å². The fraction of sp³-hybridized carbons (Fsp3) is 0.385. The summed E-state index contributed by atoms with van der Waals surface area (Å²) >= 11 is 1.88. The zero-order valence-electron chi connectivity index (χ0n) is 9.47. The average Bonchev–Trinajstić information content (AvgIpc) is 2.67. The summed E-state index contributed by atoms with van der Waals surface area (Å²) in [6.07, 6.45) is 2.20. The van der Waals surface area contributed by atoms with Gasteiger partial charge in [-0.15, -0.1) is 11.8 Å². The van der Waals surface area contributed by atoms with Crippen molar-refractivity contribution in [3.05, 3.63) is 47.5 Å². The van der Waals surface area contributed by atoms with E-state index >= 15 is 0 Å². The molecule has 1 unspecified atom stereocenters. The number of rotatable bonds is 1. The molecule has 1 atom stereocenters. The molecule has 0 saturated carbocycles. The second-order valence-corrected chi connectivity index (χ2v) is 5.75. The fourth-order valence-corrected chi connectivity index (χ4v) is 2.93. The van der Waals surface area contributed by atoms with Crippen molar-refractivity contribution in [1.82, 2.24) is 4.90 Å². The Morgan fingerprint density at radius 1 is 1.13 bits per heavy atom. The minimum Gasteiger partial charge on any atom is -0.356 e. The molecule has 15 heavy (non-hydrogen) atoms. The highest BCUT2D eigenvalue weighted by molar-refractivity contribution is 8.02. The molecule has 0 radical (unpaired) electrons.